The maximum atomic E-state index is 14.1. The minimum absolute atomic E-state index is 0.00135. The van der Waals surface area contributed by atoms with E-state index >= 15 is 0 Å². The summed E-state index contributed by atoms with van der Waals surface area (Å²) in [7, 11) is -3.85. The molecular weight excluding hydrogens is 437 g/mol. The number of piperazine rings is 1. The topological polar surface area (TPSA) is 69.7 Å². The lowest BCUT2D eigenvalue weighted by Gasteiger charge is -2.35. The summed E-state index contributed by atoms with van der Waals surface area (Å²) in [5.41, 5.74) is 2.13. The maximum Gasteiger partial charge on any atom is 0.267 e. The fourth-order valence-electron chi connectivity index (χ4n) is 3.51. The summed E-state index contributed by atoms with van der Waals surface area (Å²) in [6.45, 7) is 3.11. The smallest absolute Gasteiger partial charge is 0.267 e. The molecule has 0 aliphatic carbocycles. The molecule has 0 bridgehead atoms. The van der Waals surface area contributed by atoms with Crippen molar-refractivity contribution in [2.75, 3.05) is 36.4 Å². The molecule has 1 aliphatic rings. The van der Waals surface area contributed by atoms with Gasteiger partial charge in [-0.15, -0.1) is 11.3 Å². The molecule has 162 valence electrons. The van der Waals surface area contributed by atoms with Crippen LogP contribution in [-0.4, -0.2) is 44.8 Å². The van der Waals surface area contributed by atoms with Gasteiger partial charge in [0.25, 0.3) is 5.91 Å². The van der Waals surface area contributed by atoms with Crippen molar-refractivity contribution in [3.05, 3.63) is 76.2 Å². The second-order valence-electron chi connectivity index (χ2n) is 7.28. The summed E-state index contributed by atoms with van der Waals surface area (Å²) < 4.78 is 41.9. The molecule has 1 aromatic heterocycles. The quantitative estimate of drug-likeness (QED) is 0.627. The van der Waals surface area contributed by atoms with E-state index in [9.17, 15) is 17.6 Å². The number of aryl methyl sites for hydroxylation is 1. The molecule has 4 rings (SSSR count). The van der Waals surface area contributed by atoms with Gasteiger partial charge in [-0.3, -0.25) is 4.79 Å². The summed E-state index contributed by atoms with van der Waals surface area (Å²) in [5, 5.41) is 4.36. The average Bonchev–Trinajstić information content (AvgIpc) is 3.27. The Kier molecular flexibility index (Phi) is 6.08. The van der Waals surface area contributed by atoms with Crippen LogP contribution in [0.15, 0.2) is 64.9 Å². The first kappa shape index (κ1) is 21.5. The number of para-hydroxylation sites is 1. The molecule has 9 heteroatoms. The standard InChI is InChI=1S/C22H22FN3O3S2/c1-16-6-8-17(9-7-16)24-22(27)21-20(10-15-30-21)31(28,29)26-13-11-25(12-14-26)19-5-3-2-4-18(19)23/h2-10,15H,11-14H2,1H3,(H,24,27). The Bertz CT molecular complexity index is 1180. The molecule has 0 atom stereocenters. The highest BCUT2D eigenvalue weighted by molar-refractivity contribution is 7.89. The van der Waals surface area contributed by atoms with Crippen molar-refractivity contribution in [3.63, 3.8) is 0 Å². The third-order valence-electron chi connectivity index (χ3n) is 5.19. The molecule has 1 amide bonds. The lowest BCUT2D eigenvalue weighted by Crippen LogP contribution is -2.49. The van der Waals surface area contributed by atoms with Gasteiger partial charge in [0.2, 0.25) is 10.0 Å². The Morgan fingerprint density at radius 1 is 1.00 bits per heavy atom. The zero-order chi connectivity index (χ0) is 22.0. The minimum atomic E-state index is -3.85. The molecule has 0 unspecified atom stereocenters. The minimum Gasteiger partial charge on any atom is -0.367 e. The normalized spacial score (nSPS) is 15.1. The summed E-state index contributed by atoms with van der Waals surface area (Å²) >= 11 is 1.09. The van der Waals surface area contributed by atoms with Gasteiger partial charge < -0.3 is 10.2 Å². The molecule has 1 saturated heterocycles. The van der Waals surface area contributed by atoms with Crippen molar-refractivity contribution in [2.45, 2.75) is 11.8 Å². The predicted molar refractivity (Wildman–Crippen MR) is 121 cm³/mol. The highest BCUT2D eigenvalue weighted by Crippen LogP contribution is 2.28. The number of sulfonamides is 1. The third-order valence-corrected chi connectivity index (χ3v) is 8.18. The van der Waals surface area contributed by atoms with Crippen LogP contribution >= 0.6 is 11.3 Å². The Morgan fingerprint density at radius 2 is 1.68 bits per heavy atom. The van der Waals surface area contributed by atoms with E-state index in [1.807, 2.05) is 24.0 Å². The van der Waals surface area contributed by atoms with Crippen LogP contribution in [0.1, 0.15) is 15.2 Å². The lowest BCUT2D eigenvalue weighted by atomic mass is 10.2. The van der Waals surface area contributed by atoms with E-state index in [0.29, 0.717) is 24.5 Å². The van der Waals surface area contributed by atoms with Crippen LogP contribution in [0.25, 0.3) is 0 Å². The van der Waals surface area contributed by atoms with Crippen LogP contribution in [0.4, 0.5) is 15.8 Å². The number of hydrogen-bond donors (Lipinski definition) is 1. The van der Waals surface area contributed by atoms with Gasteiger partial charge in [-0.1, -0.05) is 29.8 Å². The van der Waals surface area contributed by atoms with Crippen molar-refractivity contribution in [3.8, 4) is 0 Å². The first-order valence-electron chi connectivity index (χ1n) is 9.81. The van der Waals surface area contributed by atoms with E-state index in [0.717, 1.165) is 16.9 Å². The molecule has 2 aromatic carbocycles. The molecule has 0 radical (unpaired) electrons. The van der Waals surface area contributed by atoms with Crippen molar-refractivity contribution < 1.29 is 17.6 Å². The van der Waals surface area contributed by atoms with Crippen molar-refractivity contribution >= 4 is 38.6 Å². The fourth-order valence-corrected chi connectivity index (χ4v) is 6.23. The zero-order valence-electron chi connectivity index (χ0n) is 16.9. The molecule has 1 N–H and O–H groups in total. The van der Waals surface area contributed by atoms with Gasteiger partial charge in [0.05, 0.1) is 5.69 Å². The highest BCUT2D eigenvalue weighted by atomic mass is 32.2. The van der Waals surface area contributed by atoms with E-state index in [-0.39, 0.29) is 28.7 Å². The van der Waals surface area contributed by atoms with Crippen LogP contribution in [0.3, 0.4) is 0 Å². The molecule has 1 aliphatic heterocycles. The molecule has 2 heterocycles. The number of amides is 1. The van der Waals surface area contributed by atoms with E-state index in [1.165, 1.54) is 16.4 Å². The van der Waals surface area contributed by atoms with Crippen molar-refractivity contribution in [2.24, 2.45) is 0 Å². The molecule has 31 heavy (non-hydrogen) atoms. The number of hydrogen-bond acceptors (Lipinski definition) is 5. The van der Waals surface area contributed by atoms with Crippen LogP contribution < -0.4 is 10.2 Å². The first-order chi connectivity index (χ1) is 14.9. The second-order valence-corrected chi connectivity index (χ2v) is 10.1. The van der Waals surface area contributed by atoms with Crippen LogP contribution in [0.5, 0.6) is 0 Å². The number of benzene rings is 2. The molecule has 0 spiro atoms. The average molecular weight is 460 g/mol. The SMILES string of the molecule is Cc1ccc(NC(=O)c2sccc2S(=O)(=O)N2CCN(c3ccccc3F)CC2)cc1. The highest BCUT2D eigenvalue weighted by Gasteiger charge is 2.33. The Hall–Kier alpha value is -2.75. The van der Waals surface area contributed by atoms with E-state index in [2.05, 4.69) is 5.32 Å². The van der Waals surface area contributed by atoms with Gasteiger partial charge in [-0.05, 0) is 42.6 Å². The third kappa shape index (κ3) is 4.48. The second kappa shape index (κ2) is 8.78. The number of anilines is 2. The summed E-state index contributed by atoms with van der Waals surface area (Å²) in [6, 6.07) is 15.2. The van der Waals surface area contributed by atoms with Gasteiger partial charge in [0, 0.05) is 31.9 Å². The number of thiophene rings is 1. The molecule has 1 fully saturated rings. The molecule has 3 aromatic rings. The zero-order valence-corrected chi connectivity index (χ0v) is 18.5. The summed E-state index contributed by atoms with van der Waals surface area (Å²) in [5.74, 6) is -0.783. The summed E-state index contributed by atoms with van der Waals surface area (Å²) in [4.78, 5) is 14.7. The van der Waals surface area contributed by atoms with Gasteiger partial charge in [-0.2, -0.15) is 4.31 Å². The van der Waals surface area contributed by atoms with Gasteiger partial charge in [-0.25, -0.2) is 12.8 Å². The van der Waals surface area contributed by atoms with E-state index < -0.39 is 15.9 Å². The number of rotatable bonds is 5. The first-order valence-corrected chi connectivity index (χ1v) is 12.1. The van der Waals surface area contributed by atoms with Gasteiger partial charge in [0.1, 0.15) is 15.6 Å². The molecule has 0 saturated carbocycles. The van der Waals surface area contributed by atoms with Crippen LogP contribution in [-0.2, 0) is 10.0 Å². The van der Waals surface area contributed by atoms with Crippen molar-refractivity contribution in [1.29, 1.82) is 0 Å². The number of nitrogens with one attached hydrogen (secondary N) is 1. The summed E-state index contributed by atoms with van der Waals surface area (Å²) in [6.07, 6.45) is 0. The number of nitrogens with zero attached hydrogens (tertiary/aromatic N) is 2. The number of carbonyl (C=O) groups excluding carboxylic acids is 1. The predicted octanol–water partition coefficient (Wildman–Crippen LogP) is 3.96. The fraction of sp³-hybridized carbons (Fsp3) is 0.227. The van der Waals surface area contributed by atoms with E-state index in [1.54, 1.807) is 35.7 Å². The largest absolute Gasteiger partial charge is 0.367 e. The lowest BCUT2D eigenvalue weighted by molar-refractivity contribution is 0.102. The number of halogens is 1. The Morgan fingerprint density at radius 3 is 2.35 bits per heavy atom. The van der Waals surface area contributed by atoms with Crippen molar-refractivity contribution in [1.82, 2.24) is 4.31 Å². The van der Waals surface area contributed by atoms with Gasteiger partial charge in [0.15, 0.2) is 0 Å². The van der Waals surface area contributed by atoms with Crippen LogP contribution in [0.2, 0.25) is 0 Å². The van der Waals surface area contributed by atoms with Crippen LogP contribution in [0, 0.1) is 12.7 Å². The molecule has 6 nitrogen and oxygen atoms in total. The number of carbonyl (C=O) groups is 1. The monoisotopic (exact) mass is 459 g/mol. The van der Waals surface area contributed by atoms with E-state index in [4.69, 9.17) is 0 Å². The maximum absolute atomic E-state index is 14.1. The Labute approximate surface area is 185 Å². The Balaban J connectivity index is 1.49. The van der Waals surface area contributed by atoms with Gasteiger partial charge >= 0.3 is 0 Å². The molecular formula is C22H22FN3O3S2.